The molecule has 1 aliphatic carbocycles. The summed E-state index contributed by atoms with van der Waals surface area (Å²) in [7, 11) is 1.41. The summed E-state index contributed by atoms with van der Waals surface area (Å²) in [6.45, 7) is 0.398. The largest absolute Gasteiger partial charge is 0.468 e. The van der Waals surface area contributed by atoms with Crippen molar-refractivity contribution in [2.75, 3.05) is 13.7 Å². The Morgan fingerprint density at radius 2 is 2.16 bits per heavy atom. The lowest BCUT2D eigenvalue weighted by molar-refractivity contribution is -0.149. The molecule has 3 heteroatoms. The van der Waals surface area contributed by atoms with Gasteiger partial charge in [0.1, 0.15) is 5.41 Å². The van der Waals surface area contributed by atoms with Gasteiger partial charge in [0.2, 0.25) is 0 Å². The quantitative estimate of drug-likeness (QED) is 0.613. The van der Waals surface area contributed by atoms with Gasteiger partial charge in [0, 0.05) is 6.21 Å². The molecule has 0 amide bonds. The van der Waals surface area contributed by atoms with Gasteiger partial charge in [-0.05, 0) is 12.0 Å². The Labute approximate surface area is 113 Å². The minimum atomic E-state index is -0.658. The highest BCUT2D eigenvalue weighted by molar-refractivity contribution is 5.82. The molecule has 0 fully saturated rings. The first-order valence-corrected chi connectivity index (χ1v) is 6.24. The van der Waals surface area contributed by atoms with E-state index in [0.717, 1.165) is 5.56 Å². The molecule has 0 heterocycles. The molecule has 0 saturated heterocycles. The van der Waals surface area contributed by atoms with Gasteiger partial charge in [-0.1, -0.05) is 54.6 Å². The third kappa shape index (κ3) is 3.19. The lowest BCUT2D eigenvalue weighted by atomic mass is 9.81. The SMILES string of the molecule is COC(=O)C1(CN=Cc2ccccc2)C=CC=CC1. The normalized spacial score (nSPS) is 21.7. The molecule has 1 aliphatic rings. The summed E-state index contributed by atoms with van der Waals surface area (Å²) in [6.07, 6.45) is 10.1. The van der Waals surface area contributed by atoms with Crippen molar-refractivity contribution in [1.82, 2.24) is 0 Å². The molecule has 1 aromatic rings. The topological polar surface area (TPSA) is 38.7 Å². The van der Waals surface area contributed by atoms with Crippen molar-refractivity contribution in [3.05, 3.63) is 60.2 Å². The van der Waals surface area contributed by atoms with E-state index in [9.17, 15) is 4.79 Å². The molecule has 2 rings (SSSR count). The number of ether oxygens (including phenoxy) is 1. The molecule has 3 nitrogen and oxygen atoms in total. The predicted octanol–water partition coefficient (Wildman–Crippen LogP) is 2.78. The highest BCUT2D eigenvalue weighted by Gasteiger charge is 2.36. The molecule has 0 N–H and O–H groups in total. The first-order valence-electron chi connectivity index (χ1n) is 6.24. The van der Waals surface area contributed by atoms with E-state index >= 15 is 0 Å². The van der Waals surface area contributed by atoms with Crippen LogP contribution in [0.2, 0.25) is 0 Å². The molecular weight excluding hydrogens is 238 g/mol. The molecule has 0 radical (unpaired) electrons. The predicted molar refractivity (Wildman–Crippen MR) is 76.2 cm³/mol. The van der Waals surface area contributed by atoms with E-state index in [4.69, 9.17) is 4.74 Å². The molecule has 0 aliphatic heterocycles. The van der Waals surface area contributed by atoms with Gasteiger partial charge in [-0.15, -0.1) is 0 Å². The smallest absolute Gasteiger partial charge is 0.317 e. The first-order chi connectivity index (χ1) is 9.27. The van der Waals surface area contributed by atoms with Crippen molar-refractivity contribution in [1.29, 1.82) is 0 Å². The van der Waals surface area contributed by atoms with Crippen LogP contribution in [0.1, 0.15) is 12.0 Å². The average Bonchev–Trinajstić information content (AvgIpc) is 2.48. The number of allylic oxidation sites excluding steroid dienone is 3. The summed E-state index contributed by atoms with van der Waals surface area (Å²) in [6, 6.07) is 9.83. The van der Waals surface area contributed by atoms with Gasteiger partial charge < -0.3 is 4.74 Å². The first kappa shape index (κ1) is 13.3. The van der Waals surface area contributed by atoms with Crippen LogP contribution < -0.4 is 0 Å². The number of carbonyl (C=O) groups excluding carboxylic acids is 1. The number of hydrogen-bond donors (Lipinski definition) is 0. The minimum Gasteiger partial charge on any atom is -0.468 e. The van der Waals surface area contributed by atoms with E-state index < -0.39 is 5.41 Å². The highest BCUT2D eigenvalue weighted by atomic mass is 16.5. The number of methoxy groups -OCH3 is 1. The second kappa shape index (κ2) is 6.14. The third-order valence-electron chi connectivity index (χ3n) is 3.15. The molecule has 0 spiro atoms. The van der Waals surface area contributed by atoms with Crippen LogP contribution in [0.15, 0.2) is 59.6 Å². The lowest BCUT2D eigenvalue weighted by Crippen LogP contribution is -2.34. The van der Waals surface area contributed by atoms with Gasteiger partial charge in [-0.3, -0.25) is 9.79 Å². The molecule has 1 atom stereocenters. The van der Waals surface area contributed by atoms with Crippen LogP contribution in [0.25, 0.3) is 0 Å². The van der Waals surface area contributed by atoms with Crippen molar-refractivity contribution in [3.63, 3.8) is 0 Å². The maximum Gasteiger partial charge on any atom is 0.317 e. The molecule has 0 bridgehead atoms. The summed E-state index contributed by atoms with van der Waals surface area (Å²) in [5.41, 5.74) is 0.368. The summed E-state index contributed by atoms with van der Waals surface area (Å²) in [4.78, 5) is 16.3. The summed E-state index contributed by atoms with van der Waals surface area (Å²) in [5, 5.41) is 0. The number of aliphatic imine (C=N–C) groups is 1. The Morgan fingerprint density at radius 3 is 2.79 bits per heavy atom. The van der Waals surface area contributed by atoms with Crippen molar-refractivity contribution >= 4 is 12.2 Å². The van der Waals surface area contributed by atoms with Gasteiger partial charge in [-0.2, -0.15) is 0 Å². The monoisotopic (exact) mass is 255 g/mol. The number of carbonyl (C=O) groups is 1. The lowest BCUT2D eigenvalue weighted by Gasteiger charge is -2.26. The van der Waals surface area contributed by atoms with Gasteiger partial charge in [-0.25, -0.2) is 0 Å². The van der Waals surface area contributed by atoms with Gasteiger partial charge in [0.25, 0.3) is 0 Å². The van der Waals surface area contributed by atoms with E-state index in [0.29, 0.717) is 13.0 Å². The molecule has 1 aromatic carbocycles. The Balaban J connectivity index is 2.10. The minimum absolute atomic E-state index is 0.238. The Morgan fingerprint density at radius 1 is 1.37 bits per heavy atom. The van der Waals surface area contributed by atoms with Crippen molar-refractivity contribution in [2.45, 2.75) is 6.42 Å². The fourth-order valence-corrected chi connectivity index (χ4v) is 2.05. The number of rotatable bonds is 4. The van der Waals surface area contributed by atoms with E-state index in [1.165, 1.54) is 7.11 Å². The Kier molecular flexibility index (Phi) is 4.29. The molecule has 1 unspecified atom stereocenters. The zero-order chi connectivity index (χ0) is 13.6. The Hall–Kier alpha value is -2.16. The summed E-state index contributed by atoms with van der Waals surface area (Å²) < 4.78 is 4.90. The zero-order valence-electron chi connectivity index (χ0n) is 11.0. The highest BCUT2D eigenvalue weighted by Crippen LogP contribution is 2.29. The van der Waals surface area contributed by atoms with Crippen LogP contribution in [0.4, 0.5) is 0 Å². The van der Waals surface area contributed by atoms with E-state index in [2.05, 4.69) is 4.99 Å². The maximum absolute atomic E-state index is 11.9. The molecule has 98 valence electrons. The van der Waals surface area contributed by atoms with Crippen molar-refractivity contribution in [3.8, 4) is 0 Å². The molecule has 0 saturated carbocycles. The van der Waals surface area contributed by atoms with Crippen LogP contribution in [-0.2, 0) is 9.53 Å². The van der Waals surface area contributed by atoms with Gasteiger partial charge >= 0.3 is 5.97 Å². The molecule has 0 aromatic heterocycles. The van der Waals surface area contributed by atoms with Gasteiger partial charge in [0.15, 0.2) is 0 Å². The van der Waals surface area contributed by atoms with Crippen LogP contribution in [0.3, 0.4) is 0 Å². The van der Waals surface area contributed by atoms with Crippen LogP contribution in [-0.4, -0.2) is 25.8 Å². The number of nitrogens with zero attached hydrogens (tertiary/aromatic N) is 1. The van der Waals surface area contributed by atoms with E-state index in [1.807, 2.05) is 54.6 Å². The number of esters is 1. The van der Waals surface area contributed by atoms with Crippen molar-refractivity contribution < 1.29 is 9.53 Å². The number of hydrogen-bond acceptors (Lipinski definition) is 3. The third-order valence-corrected chi connectivity index (χ3v) is 3.15. The molecular formula is C16H17NO2. The summed E-state index contributed by atoms with van der Waals surface area (Å²) in [5.74, 6) is -0.238. The van der Waals surface area contributed by atoms with Crippen molar-refractivity contribution in [2.24, 2.45) is 10.4 Å². The zero-order valence-corrected chi connectivity index (χ0v) is 11.0. The fraction of sp³-hybridized carbons (Fsp3) is 0.250. The van der Waals surface area contributed by atoms with Crippen LogP contribution in [0, 0.1) is 5.41 Å². The van der Waals surface area contributed by atoms with E-state index in [-0.39, 0.29) is 5.97 Å². The maximum atomic E-state index is 11.9. The van der Waals surface area contributed by atoms with Gasteiger partial charge in [0.05, 0.1) is 13.7 Å². The average molecular weight is 255 g/mol. The standard InChI is InChI=1S/C16H17NO2/c1-19-15(18)16(10-6-3-7-11-16)13-17-12-14-8-4-2-5-9-14/h2-10,12H,11,13H2,1H3. The van der Waals surface area contributed by atoms with Crippen LogP contribution >= 0.6 is 0 Å². The second-order valence-corrected chi connectivity index (χ2v) is 4.52. The number of benzene rings is 1. The Bertz CT molecular complexity index is 517. The van der Waals surface area contributed by atoms with Crippen LogP contribution in [0.5, 0.6) is 0 Å². The fourth-order valence-electron chi connectivity index (χ4n) is 2.05. The molecule has 19 heavy (non-hydrogen) atoms. The summed E-state index contributed by atoms with van der Waals surface area (Å²) >= 11 is 0. The van der Waals surface area contributed by atoms with E-state index in [1.54, 1.807) is 6.21 Å². The second-order valence-electron chi connectivity index (χ2n) is 4.52.